The molecule has 0 aromatic rings. The Bertz CT molecular complexity index is 202. The van der Waals surface area contributed by atoms with Gasteiger partial charge in [-0.05, 0) is 5.92 Å². The van der Waals surface area contributed by atoms with Crippen LogP contribution >= 0.6 is 0 Å². The van der Waals surface area contributed by atoms with E-state index in [1.165, 1.54) is 4.90 Å². The predicted octanol–water partition coefficient (Wildman–Crippen LogP) is -0.133. The number of carbonyl (C=O) groups excluding carboxylic acids is 2. The van der Waals surface area contributed by atoms with Gasteiger partial charge in [-0.25, -0.2) is 0 Å². The fraction of sp³-hybridized carbons (Fsp3) is 0.714. The summed E-state index contributed by atoms with van der Waals surface area (Å²) in [7, 11) is 1.56. The second-order valence-electron chi connectivity index (χ2n) is 3.15. The van der Waals surface area contributed by atoms with Gasteiger partial charge >= 0.3 is 0 Å². The first-order chi connectivity index (χ1) is 4.64. The molecule has 0 bridgehead atoms. The molecule has 2 fully saturated rings. The number of rotatable bonds is 0. The lowest BCUT2D eigenvalue weighted by Gasteiger charge is -2.09. The molecule has 2 unspecified atom stereocenters. The van der Waals surface area contributed by atoms with E-state index < -0.39 is 0 Å². The third kappa shape index (κ3) is 0.426. The summed E-state index contributed by atoms with van der Waals surface area (Å²) in [5, 5.41) is 0. The fourth-order valence-electron chi connectivity index (χ4n) is 1.78. The first-order valence-electron chi connectivity index (χ1n) is 3.46. The summed E-state index contributed by atoms with van der Waals surface area (Å²) in [4.78, 5) is 23.4. The molecule has 1 saturated heterocycles. The van der Waals surface area contributed by atoms with Crippen LogP contribution < -0.4 is 0 Å². The lowest BCUT2D eigenvalue weighted by Crippen LogP contribution is -2.29. The molecule has 2 atom stereocenters. The normalized spacial score (nSPS) is 44.2. The van der Waals surface area contributed by atoms with Crippen LogP contribution in [0, 0.1) is 17.8 Å². The highest BCUT2D eigenvalue weighted by Gasteiger charge is 2.63. The molecule has 54 valence electrons. The van der Waals surface area contributed by atoms with E-state index in [0.29, 0.717) is 5.92 Å². The first-order valence-corrected chi connectivity index (χ1v) is 3.46. The molecule has 0 N–H and O–H groups in total. The van der Waals surface area contributed by atoms with Crippen LogP contribution in [0.5, 0.6) is 0 Å². The Hall–Kier alpha value is -0.860. The summed E-state index contributed by atoms with van der Waals surface area (Å²) in [6.07, 6.45) is 0. The van der Waals surface area contributed by atoms with Gasteiger partial charge in [-0.3, -0.25) is 14.5 Å². The molecule has 3 heteroatoms. The van der Waals surface area contributed by atoms with Crippen molar-refractivity contribution in [3.05, 3.63) is 0 Å². The van der Waals surface area contributed by atoms with Gasteiger partial charge in [0.25, 0.3) is 0 Å². The number of carbonyl (C=O) groups is 2. The van der Waals surface area contributed by atoms with Crippen molar-refractivity contribution in [3.63, 3.8) is 0 Å². The summed E-state index contributed by atoms with van der Waals surface area (Å²) in [5.41, 5.74) is 0. The van der Waals surface area contributed by atoms with Crippen LogP contribution in [0.25, 0.3) is 0 Å². The maximum Gasteiger partial charge on any atom is 0.233 e. The number of nitrogens with zero attached hydrogens (tertiary/aromatic N) is 1. The Kier molecular flexibility index (Phi) is 0.832. The second kappa shape index (κ2) is 1.41. The van der Waals surface area contributed by atoms with Crippen molar-refractivity contribution >= 4 is 11.8 Å². The summed E-state index contributed by atoms with van der Waals surface area (Å²) in [5.74, 6) is 0.427. The fourth-order valence-corrected chi connectivity index (χ4v) is 1.78. The van der Waals surface area contributed by atoms with Gasteiger partial charge in [0.15, 0.2) is 0 Å². The molecule has 2 amide bonds. The Labute approximate surface area is 59.0 Å². The topological polar surface area (TPSA) is 37.4 Å². The van der Waals surface area contributed by atoms with Crippen molar-refractivity contribution in [2.24, 2.45) is 17.8 Å². The minimum atomic E-state index is 0.0162. The highest BCUT2D eigenvalue weighted by atomic mass is 16.2. The SMILES string of the molecule is CC1C2C(=O)N(C)C(=O)C12. The summed E-state index contributed by atoms with van der Waals surface area (Å²) < 4.78 is 0. The zero-order valence-electron chi connectivity index (χ0n) is 6.00. The molecule has 1 aliphatic carbocycles. The van der Waals surface area contributed by atoms with Gasteiger partial charge in [0.1, 0.15) is 0 Å². The maximum absolute atomic E-state index is 11.1. The van der Waals surface area contributed by atoms with Crippen molar-refractivity contribution < 1.29 is 9.59 Å². The predicted molar refractivity (Wildman–Crippen MR) is 33.9 cm³/mol. The number of fused-ring (bicyclic) bond motifs is 1. The molecule has 2 rings (SSSR count). The van der Waals surface area contributed by atoms with Crippen LogP contribution in [0.4, 0.5) is 0 Å². The van der Waals surface area contributed by atoms with Gasteiger partial charge in [-0.1, -0.05) is 6.92 Å². The minimum absolute atomic E-state index is 0.0162. The highest BCUT2D eigenvalue weighted by Crippen LogP contribution is 2.52. The van der Waals surface area contributed by atoms with Crippen LogP contribution in [0.2, 0.25) is 0 Å². The molecule has 1 aliphatic heterocycles. The van der Waals surface area contributed by atoms with Gasteiger partial charge in [0, 0.05) is 7.05 Å². The van der Waals surface area contributed by atoms with Gasteiger partial charge in [-0.2, -0.15) is 0 Å². The third-order valence-corrected chi connectivity index (χ3v) is 2.61. The van der Waals surface area contributed by atoms with Crippen molar-refractivity contribution in [2.45, 2.75) is 6.92 Å². The Morgan fingerprint density at radius 1 is 1.20 bits per heavy atom. The number of hydrogen-bond acceptors (Lipinski definition) is 2. The van der Waals surface area contributed by atoms with Gasteiger partial charge in [0.05, 0.1) is 11.8 Å². The third-order valence-electron chi connectivity index (χ3n) is 2.61. The Balaban J connectivity index is 2.30. The Morgan fingerprint density at radius 2 is 1.60 bits per heavy atom. The largest absolute Gasteiger partial charge is 0.285 e. The summed E-state index contributed by atoms with van der Waals surface area (Å²) >= 11 is 0. The molecule has 3 nitrogen and oxygen atoms in total. The zero-order valence-corrected chi connectivity index (χ0v) is 6.00. The molecule has 0 spiro atoms. The van der Waals surface area contributed by atoms with Gasteiger partial charge < -0.3 is 0 Å². The lowest BCUT2D eigenvalue weighted by atomic mass is 10.3. The standard InChI is InChI=1S/C7H9NO2/c1-3-4-5(3)7(10)8(2)6(4)9/h3-5H,1-2H3. The number of amides is 2. The smallest absolute Gasteiger partial charge is 0.233 e. The molecule has 1 saturated carbocycles. The summed E-state index contributed by atoms with van der Waals surface area (Å²) in [6, 6.07) is 0. The van der Waals surface area contributed by atoms with E-state index in [-0.39, 0.29) is 23.7 Å². The van der Waals surface area contributed by atoms with E-state index in [2.05, 4.69) is 0 Å². The van der Waals surface area contributed by atoms with Crippen LogP contribution in [0.15, 0.2) is 0 Å². The van der Waals surface area contributed by atoms with Crippen LogP contribution in [-0.4, -0.2) is 23.8 Å². The quantitative estimate of drug-likeness (QED) is 0.438. The van der Waals surface area contributed by atoms with E-state index in [0.717, 1.165) is 0 Å². The maximum atomic E-state index is 11.1. The van der Waals surface area contributed by atoms with Crippen LogP contribution in [-0.2, 0) is 9.59 Å². The molecule has 0 radical (unpaired) electrons. The van der Waals surface area contributed by atoms with E-state index in [9.17, 15) is 9.59 Å². The van der Waals surface area contributed by atoms with Crippen molar-refractivity contribution in [2.75, 3.05) is 7.05 Å². The van der Waals surface area contributed by atoms with E-state index in [4.69, 9.17) is 0 Å². The Morgan fingerprint density at radius 3 is 1.90 bits per heavy atom. The number of piperidine rings is 1. The van der Waals surface area contributed by atoms with Crippen molar-refractivity contribution in [1.29, 1.82) is 0 Å². The molecule has 1 heterocycles. The molecular weight excluding hydrogens is 130 g/mol. The summed E-state index contributed by atoms with van der Waals surface area (Å²) in [6.45, 7) is 1.96. The van der Waals surface area contributed by atoms with E-state index >= 15 is 0 Å². The zero-order chi connectivity index (χ0) is 7.46. The molecule has 2 aliphatic rings. The number of likely N-dealkylation sites (tertiary alicyclic amines) is 1. The van der Waals surface area contributed by atoms with Crippen molar-refractivity contribution in [1.82, 2.24) is 4.90 Å². The number of imide groups is 1. The average molecular weight is 139 g/mol. The van der Waals surface area contributed by atoms with Crippen LogP contribution in [0.3, 0.4) is 0 Å². The monoisotopic (exact) mass is 139 g/mol. The minimum Gasteiger partial charge on any atom is -0.285 e. The second-order valence-corrected chi connectivity index (χ2v) is 3.15. The molecule has 10 heavy (non-hydrogen) atoms. The van der Waals surface area contributed by atoms with E-state index in [1.807, 2.05) is 6.92 Å². The highest BCUT2D eigenvalue weighted by molar-refractivity contribution is 6.09. The van der Waals surface area contributed by atoms with Crippen LogP contribution in [0.1, 0.15) is 6.92 Å². The van der Waals surface area contributed by atoms with Gasteiger partial charge in [-0.15, -0.1) is 0 Å². The molecular formula is C7H9NO2. The van der Waals surface area contributed by atoms with Crippen molar-refractivity contribution in [3.8, 4) is 0 Å². The molecule has 0 aromatic heterocycles. The lowest BCUT2D eigenvalue weighted by molar-refractivity contribution is -0.140. The average Bonchev–Trinajstić information content (AvgIpc) is 2.50. The first kappa shape index (κ1) is 5.89. The van der Waals surface area contributed by atoms with Gasteiger partial charge in [0.2, 0.25) is 11.8 Å². The van der Waals surface area contributed by atoms with E-state index in [1.54, 1.807) is 7.05 Å². The molecule has 0 aromatic carbocycles. The number of hydrogen-bond donors (Lipinski definition) is 0.